The standard InChI is InChI=1S/C25H35N3O4/c1-14(2)7-16-9-19(10-16)25-23(17-5-6-17)24(27-32-25)18(12-22(30)31)11-21(29)13-20-8-15(3)26-28(20)4/h8,14,16-19H,5-7,9-13H2,1-4H3,(H,30,31)/t16?,18-,19?/m1/s1. The zero-order chi connectivity index (χ0) is 23.0. The smallest absolute Gasteiger partial charge is 0.304 e. The maximum absolute atomic E-state index is 12.9. The minimum atomic E-state index is -0.911. The van der Waals surface area contributed by atoms with Crippen LogP contribution in [0.3, 0.4) is 0 Å². The summed E-state index contributed by atoms with van der Waals surface area (Å²) in [6, 6.07) is 1.90. The van der Waals surface area contributed by atoms with Crippen LogP contribution in [0.15, 0.2) is 10.6 Å². The number of aliphatic carboxylic acids is 1. The number of ketones is 1. The van der Waals surface area contributed by atoms with Crippen molar-refractivity contribution in [2.75, 3.05) is 0 Å². The number of carbonyl (C=O) groups is 2. The molecule has 174 valence electrons. The molecule has 2 aromatic heterocycles. The molecule has 0 radical (unpaired) electrons. The van der Waals surface area contributed by atoms with Gasteiger partial charge in [0.1, 0.15) is 11.5 Å². The number of aryl methyl sites for hydroxylation is 2. The second-order valence-electron chi connectivity index (χ2n) is 10.4. The molecule has 1 atom stereocenters. The maximum Gasteiger partial charge on any atom is 0.304 e. The molecule has 0 aromatic carbocycles. The predicted octanol–water partition coefficient (Wildman–Crippen LogP) is 4.89. The van der Waals surface area contributed by atoms with E-state index >= 15 is 0 Å². The third-order valence-electron chi connectivity index (χ3n) is 6.94. The average molecular weight is 442 g/mol. The van der Waals surface area contributed by atoms with Gasteiger partial charge in [-0.2, -0.15) is 5.10 Å². The molecule has 7 heteroatoms. The van der Waals surface area contributed by atoms with Crippen LogP contribution in [0.1, 0.15) is 105 Å². The van der Waals surface area contributed by atoms with Crippen molar-refractivity contribution in [3.63, 3.8) is 0 Å². The molecule has 0 saturated heterocycles. The molecule has 2 aromatic rings. The monoisotopic (exact) mass is 441 g/mol. The first-order valence-corrected chi connectivity index (χ1v) is 11.9. The Balaban J connectivity index is 1.52. The lowest BCUT2D eigenvalue weighted by Gasteiger charge is -2.35. The van der Waals surface area contributed by atoms with Gasteiger partial charge in [0.2, 0.25) is 0 Å². The van der Waals surface area contributed by atoms with E-state index in [1.54, 1.807) is 4.68 Å². The van der Waals surface area contributed by atoms with Crippen LogP contribution in [0.25, 0.3) is 0 Å². The number of rotatable bonds is 11. The first-order valence-electron chi connectivity index (χ1n) is 11.9. The zero-order valence-corrected chi connectivity index (χ0v) is 19.6. The van der Waals surface area contributed by atoms with Crippen LogP contribution in [-0.2, 0) is 23.1 Å². The molecule has 2 fully saturated rings. The number of Topliss-reactive ketones (excluding diaryl/α,β-unsaturated/α-hetero) is 1. The summed E-state index contributed by atoms with van der Waals surface area (Å²) in [7, 11) is 1.82. The van der Waals surface area contributed by atoms with Crippen molar-refractivity contribution in [1.82, 2.24) is 14.9 Å². The second kappa shape index (κ2) is 9.20. The van der Waals surface area contributed by atoms with Crippen LogP contribution in [0.2, 0.25) is 0 Å². The first-order chi connectivity index (χ1) is 15.2. The summed E-state index contributed by atoms with van der Waals surface area (Å²) in [5.41, 5.74) is 3.54. The third-order valence-corrected chi connectivity index (χ3v) is 6.94. The van der Waals surface area contributed by atoms with Gasteiger partial charge in [-0.05, 0) is 62.8 Å². The van der Waals surface area contributed by atoms with Crippen molar-refractivity contribution in [2.24, 2.45) is 18.9 Å². The highest BCUT2D eigenvalue weighted by Gasteiger charge is 2.42. The molecular weight excluding hydrogens is 406 g/mol. The van der Waals surface area contributed by atoms with Crippen molar-refractivity contribution in [2.45, 2.75) is 89.9 Å². The van der Waals surface area contributed by atoms with Gasteiger partial charge in [0.15, 0.2) is 0 Å². The van der Waals surface area contributed by atoms with Gasteiger partial charge in [0, 0.05) is 43.0 Å². The number of aromatic nitrogens is 3. The molecular formula is C25H35N3O4. The van der Waals surface area contributed by atoms with E-state index in [1.807, 2.05) is 20.0 Å². The van der Waals surface area contributed by atoms with Crippen molar-refractivity contribution in [3.05, 3.63) is 34.5 Å². The van der Waals surface area contributed by atoms with Gasteiger partial charge in [-0.15, -0.1) is 0 Å². The molecule has 2 aliphatic carbocycles. The van der Waals surface area contributed by atoms with Crippen LogP contribution < -0.4 is 0 Å². The van der Waals surface area contributed by atoms with Gasteiger partial charge < -0.3 is 9.63 Å². The fourth-order valence-electron chi connectivity index (χ4n) is 5.36. The van der Waals surface area contributed by atoms with Gasteiger partial charge >= 0.3 is 5.97 Å². The number of carboxylic acids is 1. The van der Waals surface area contributed by atoms with E-state index in [0.717, 1.165) is 54.3 Å². The molecule has 2 aliphatic rings. The van der Waals surface area contributed by atoms with Crippen LogP contribution in [0.4, 0.5) is 0 Å². The Labute approximate surface area is 189 Å². The summed E-state index contributed by atoms with van der Waals surface area (Å²) >= 11 is 0. The Hall–Kier alpha value is -2.44. The molecule has 7 nitrogen and oxygen atoms in total. The Morgan fingerprint density at radius 2 is 1.94 bits per heavy atom. The van der Waals surface area contributed by atoms with Gasteiger partial charge in [-0.25, -0.2) is 0 Å². The molecule has 4 rings (SSSR count). The van der Waals surface area contributed by atoms with Gasteiger partial charge in [-0.1, -0.05) is 19.0 Å². The average Bonchev–Trinajstić information content (AvgIpc) is 3.32. The summed E-state index contributed by atoms with van der Waals surface area (Å²) in [6.07, 6.45) is 5.95. The Bertz CT molecular complexity index is 979. The number of hydrogen-bond acceptors (Lipinski definition) is 5. The van der Waals surface area contributed by atoms with Crippen LogP contribution in [-0.4, -0.2) is 31.8 Å². The quantitative estimate of drug-likeness (QED) is 0.533. The van der Waals surface area contributed by atoms with Crippen LogP contribution in [0, 0.1) is 18.8 Å². The van der Waals surface area contributed by atoms with E-state index in [0.29, 0.717) is 23.4 Å². The molecule has 0 amide bonds. The van der Waals surface area contributed by atoms with Crippen LogP contribution in [0.5, 0.6) is 0 Å². The van der Waals surface area contributed by atoms with Gasteiger partial charge in [0.25, 0.3) is 0 Å². The lowest BCUT2D eigenvalue weighted by molar-refractivity contribution is -0.137. The van der Waals surface area contributed by atoms with Crippen LogP contribution >= 0.6 is 0 Å². The van der Waals surface area contributed by atoms with E-state index < -0.39 is 11.9 Å². The lowest BCUT2D eigenvalue weighted by Crippen LogP contribution is -2.24. The number of nitrogens with zero attached hydrogens (tertiary/aromatic N) is 3. The Morgan fingerprint density at radius 3 is 2.50 bits per heavy atom. The number of carboxylic acid groups (broad SMARTS) is 1. The zero-order valence-electron chi connectivity index (χ0n) is 19.6. The minimum absolute atomic E-state index is 0.00573. The molecule has 0 spiro atoms. The normalized spacial score (nSPS) is 21.5. The SMILES string of the molecule is Cc1cc(CC(=O)C[C@H](CC(=O)O)c2noc(C3CC(CC(C)C)C3)c2C2CC2)n(C)n1. The molecule has 32 heavy (non-hydrogen) atoms. The molecule has 0 unspecified atom stereocenters. The van der Waals surface area contributed by atoms with E-state index in [2.05, 4.69) is 24.1 Å². The minimum Gasteiger partial charge on any atom is -0.481 e. The largest absolute Gasteiger partial charge is 0.481 e. The molecule has 1 N–H and O–H groups in total. The first kappa shape index (κ1) is 22.7. The molecule has 0 bridgehead atoms. The number of carbonyl (C=O) groups excluding carboxylic acids is 1. The topological polar surface area (TPSA) is 98.2 Å². The van der Waals surface area contributed by atoms with Gasteiger partial charge in [-0.3, -0.25) is 14.3 Å². The fourth-order valence-corrected chi connectivity index (χ4v) is 5.36. The summed E-state index contributed by atoms with van der Waals surface area (Å²) in [5.74, 6) is 1.83. The summed E-state index contributed by atoms with van der Waals surface area (Å²) in [4.78, 5) is 24.5. The summed E-state index contributed by atoms with van der Waals surface area (Å²) in [6.45, 7) is 6.41. The maximum atomic E-state index is 12.9. The third kappa shape index (κ3) is 5.13. The van der Waals surface area contributed by atoms with Crippen molar-refractivity contribution >= 4 is 11.8 Å². The molecule has 2 heterocycles. The van der Waals surface area contributed by atoms with E-state index in [4.69, 9.17) is 4.52 Å². The van der Waals surface area contributed by atoms with E-state index in [9.17, 15) is 14.7 Å². The second-order valence-corrected chi connectivity index (χ2v) is 10.4. The predicted molar refractivity (Wildman–Crippen MR) is 120 cm³/mol. The lowest BCUT2D eigenvalue weighted by atomic mass is 9.69. The van der Waals surface area contributed by atoms with E-state index in [1.165, 1.54) is 6.42 Å². The van der Waals surface area contributed by atoms with E-state index in [-0.39, 0.29) is 25.0 Å². The fraction of sp³-hybridized carbons (Fsp3) is 0.680. The number of hydrogen-bond donors (Lipinski definition) is 1. The van der Waals surface area contributed by atoms with Gasteiger partial charge in [0.05, 0.1) is 17.8 Å². The van der Waals surface area contributed by atoms with Crippen molar-refractivity contribution in [1.29, 1.82) is 0 Å². The summed E-state index contributed by atoms with van der Waals surface area (Å²) in [5, 5.41) is 18.2. The Morgan fingerprint density at radius 1 is 1.22 bits per heavy atom. The van der Waals surface area contributed by atoms with Crippen molar-refractivity contribution in [3.8, 4) is 0 Å². The summed E-state index contributed by atoms with van der Waals surface area (Å²) < 4.78 is 7.59. The molecule has 2 saturated carbocycles. The highest BCUT2D eigenvalue weighted by molar-refractivity contribution is 5.82. The Kier molecular flexibility index (Phi) is 6.54. The molecule has 0 aliphatic heterocycles. The van der Waals surface area contributed by atoms with Crippen molar-refractivity contribution < 1.29 is 19.2 Å². The highest BCUT2D eigenvalue weighted by Crippen LogP contribution is 2.52. The highest BCUT2D eigenvalue weighted by atomic mass is 16.5.